The molecule has 6 heterocycles. The van der Waals surface area contributed by atoms with E-state index >= 15 is 0 Å². The van der Waals surface area contributed by atoms with Crippen LogP contribution in [0.4, 0.5) is 17.8 Å². The summed E-state index contributed by atoms with van der Waals surface area (Å²) in [6.45, 7) is 19.0. The Kier molecular flexibility index (Phi) is 30.1. The van der Waals surface area contributed by atoms with Crippen LogP contribution in [0.3, 0.4) is 0 Å². The molecule has 3 saturated carbocycles. The number of pyridine rings is 3. The maximum Gasteiger partial charge on any atom is 0.306 e. The summed E-state index contributed by atoms with van der Waals surface area (Å²) in [7, 11) is 8.90. The van der Waals surface area contributed by atoms with E-state index in [-0.39, 0.29) is 100 Å². The maximum absolute atomic E-state index is 13.7. The molecular weight excluding hydrogens is 1590 g/mol. The number of benzene rings is 3. The van der Waals surface area contributed by atoms with Gasteiger partial charge < -0.3 is 54.8 Å². The highest BCUT2D eigenvalue weighted by Gasteiger charge is 2.34. The van der Waals surface area contributed by atoms with Crippen LogP contribution in [0, 0.1) is 11.8 Å². The summed E-state index contributed by atoms with van der Waals surface area (Å²) in [4.78, 5) is 102. The zero-order valence-electron chi connectivity index (χ0n) is 64.2. The molecule has 9 aromatic rings. The first-order valence-electron chi connectivity index (χ1n) is 36.2. The highest BCUT2D eigenvalue weighted by molar-refractivity contribution is 6.66. The van der Waals surface area contributed by atoms with Crippen LogP contribution >= 0.6 is 81.2 Å². The Balaban J connectivity index is 0.000000188. The summed E-state index contributed by atoms with van der Waals surface area (Å²) < 4.78 is 42.4. The number of rotatable bonds is 24. The van der Waals surface area contributed by atoms with Crippen LogP contribution in [0.2, 0.25) is 30.1 Å². The fourth-order valence-corrected chi connectivity index (χ4v) is 16.1. The summed E-state index contributed by atoms with van der Waals surface area (Å²) in [5, 5.41) is 12.8. The average molecular weight is 1680 g/mol. The van der Waals surface area contributed by atoms with Gasteiger partial charge in [0.2, 0.25) is 23.1 Å². The number of nitrogens with zero attached hydrogens (tertiary/aromatic N) is 9. The van der Waals surface area contributed by atoms with Crippen molar-refractivity contribution < 1.29 is 47.5 Å². The third-order valence-electron chi connectivity index (χ3n) is 19.5. The van der Waals surface area contributed by atoms with Crippen molar-refractivity contribution in [1.29, 1.82) is 0 Å². The van der Waals surface area contributed by atoms with Gasteiger partial charge in [0.25, 0.3) is 16.7 Å². The highest BCUT2D eigenvalue weighted by Crippen LogP contribution is 2.49. The molecule has 598 valence electrons. The Hall–Kier alpha value is -8.99. The second-order valence-corrected chi connectivity index (χ2v) is 30.1. The molecule has 0 bridgehead atoms. The van der Waals surface area contributed by atoms with Crippen LogP contribution in [-0.4, -0.2) is 133 Å². The Morgan fingerprint density at radius 1 is 0.482 bits per heavy atom. The lowest BCUT2D eigenvalue weighted by Crippen LogP contribution is -2.35. The zero-order chi connectivity index (χ0) is 81.7. The van der Waals surface area contributed by atoms with Crippen molar-refractivity contribution >= 4 is 149 Å². The van der Waals surface area contributed by atoms with Crippen molar-refractivity contribution in [1.82, 2.24) is 43.6 Å². The van der Waals surface area contributed by atoms with Crippen molar-refractivity contribution in [3.8, 4) is 67.9 Å². The average Bonchev–Trinajstić information content (AvgIpc) is 1.11. The van der Waals surface area contributed by atoms with Crippen molar-refractivity contribution in [2.24, 2.45) is 17.6 Å². The van der Waals surface area contributed by atoms with Crippen LogP contribution in [0.15, 0.2) is 94.7 Å². The van der Waals surface area contributed by atoms with E-state index < -0.39 is 10.8 Å². The number of ketones is 1. The van der Waals surface area contributed by atoms with E-state index in [2.05, 4.69) is 54.0 Å². The topological polar surface area (TPSA) is 321 Å². The number of carbonyl (C=O) groups excluding carboxylic acids is 3. The van der Waals surface area contributed by atoms with Gasteiger partial charge in [0.05, 0.1) is 95.9 Å². The lowest BCUT2D eigenvalue weighted by atomic mass is 9.97. The first kappa shape index (κ1) is 87.0. The van der Waals surface area contributed by atoms with Crippen LogP contribution in [0.25, 0.3) is 66.5 Å². The number of fused-ring (bicyclic) bond motifs is 3. The van der Waals surface area contributed by atoms with Gasteiger partial charge in [0.1, 0.15) is 57.0 Å². The fourth-order valence-electron chi connectivity index (χ4n) is 14.0. The summed E-state index contributed by atoms with van der Waals surface area (Å²) in [6.07, 6.45) is 16.9. The molecule has 3 aromatic carbocycles. The van der Waals surface area contributed by atoms with Gasteiger partial charge >= 0.3 is 5.97 Å². The molecule has 6 atom stereocenters. The normalized spacial score (nSPS) is 17.1. The monoisotopic (exact) mass is 1670 g/mol. The number of aryl methyl sites for hydroxylation is 3. The molecule has 0 saturated heterocycles. The molecule has 112 heavy (non-hydrogen) atoms. The number of allylic oxidation sites excluding steroid dienone is 2. The number of ether oxygens (including phenoxy) is 7. The SMILES string of the molecule is C=CC(=O)C[C@H]1CCCC1Nc1ncc2cc(-c3c(Cl)c(OC)cc(OC)c3Cl)c(=O)n(CC)c2n1.C=CC(=O)Cl.CCn1c(=O)c(-c2c(Cl)c(OC)cc(OC)c2Cl)cc2cnc(NC3CCC[C@@H]3CC(=O)OC(C)(C)C)nc21.CCn1c(=O)c(-c2c(Cl)c(OC)cc(OC)c2Cl)cc2cnc(NC3CCC[C@@H]3N)nc21. The van der Waals surface area contributed by atoms with E-state index in [1.54, 1.807) is 68.7 Å². The number of halogens is 7. The second-order valence-electron chi connectivity index (χ2n) is 27.5. The number of hydrogen-bond acceptors (Lipinski definition) is 23. The Morgan fingerprint density at radius 3 is 1.04 bits per heavy atom. The standard InChI is InChI=1S/C28H34Cl2N4O5.C26H28Cl2N4O4.C22H25Cl2N5O3.C3H3ClO/c1-7-34-25-16(11-17(26(34)36)22-23(29)19(37-5)13-20(38-6)24(22)30)14-31-27(33-25)32-18-10-8-9-15(18)12-21(35)39-28(2,3)4;1-5-16(33)10-14-8-7-9-18(14)30-26-29-13-15-11-17(25(34)32(6-2)24(15)31-26)21-22(27)19(35-3)12-20(36-4)23(21)28;1-4-29-20-11(10-26-22(28-20)27-14-7-5-6-13(14)25)8-12(21(29)30)17-18(23)15(31-2)9-16(32-3)19(17)24;1-2-3(4)5/h11,13-15,18H,7-10,12H2,1-6H3,(H,31,32,33);5,11-14,18H,1,6-10H2,2-4H3,(H,29,30,31);8-10,13-14H,4-7,25H2,1-3H3,(H,26,27,28);2H,1H2/t15-,18?;14-,18?;13-,14?;/m110./s1. The number of nitrogens with one attached hydrogen (secondary N) is 3. The molecule has 0 radical (unpaired) electrons. The van der Waals surface area contributed by atoms with E-state index in [9.17, 15) is 28.8 Å². The number of esters is 1. The number of nitrogens with two attached hydrogens (primary N) is 1. The van der Waals surface area contributed by atoms with Crippen LogP contribution < -0.4 is 66.8 Å². The minimum absolute atomic E-state index is 0.0258. The van der Waals surface area contributed by atoms with Gasteiger partial charge in [0, 0.05) is 120 Å². The molecule has 26 nitrogen and oxygen atoms in total. The van der Waals surface area contributed by atoms with Gasteiger partial charge in [-0.1, -0.05) is 95.6 Å². The van der Waals surface area contributed by atoms with Gasteiger partial charge in [-0.05, 0) is 140 Å². The molecule has 3 aliphatic carbocycles. The molecule has 0 aliphatic heterocycles. The Morgan fingerprint density at radius 2 is 0.777 bits per heavy atom. The summed E-state index contributed by atoms with van der Waals surface area (Å²) in [5.41, 5.74) is 8.13. The molecule has 0 spiro atoms. The fraction of sp³-hybridized carbons (Fsp3) is 0.418. The third-order valence-corrected chi connectivity index (χ3v) is 21.9. The van der Waals surface area contributed by atoms with Crippen molar-refractivity contribution in [3.05, 3.63) is 141 Å². The van der Waals surface area contributed by atoms with E-state index in [0.29, 0.717) is 146 Å². The van der Waals surface area contributed by atoms with Crippen LogP contribution in [-0.2, 0) is 38.8 Å². The largest absolute Gasteiger partial charge is 0.495 e. The van der Waals surface area contributed by atoms with Crippen molar-refractivity contribution in [2.75, 3.05) is 58.6 Å². The number of aromatic nitrogens is 9. The lowest BCUT2D eigenvalue weighted by molar-refractivity contribution is -0.156. The van der Waals surface area contributed by atoms with E-state index in [0.717, 1.165) is 63.9 Å². The van der Waals surface area contributed by atoms with Gasteiger partial charge in [-0.2, -0.15) is 15.0 Å². The van der Waals surface area contributed by atoms with Crippen LogP contribution in [0.1, 0.15) is 112 Å². The molecule has 3 unspecified atom stereocenters. The van der Waals surface area contributed by atoms with Gasteiger partial charge in [-0.3, -0.25) is 42.5 Å². The maximum atomic E-state index is 13.7. The predicted molar refractivity (Wildman–Crippen MR) is 444 cm³/mol. The van der Waals surface area contributed by atoms with Gasteiger partial charge in [-0.25, -0.2) is 15.0 Å². The van der Waals surface area contributed by atoms with Gasteiger partial charge in [-0.15, -0.1) is 0 Å². The smallest absolute Gasteiger partial charge is 0.306 e. The van der Waals surface area contributed by atoms with Gasteiger partial charge in [0.15, 0.2) is 5.78 Å². The minimum atomic E-state index is -0.521. The molecule has 5 N–H and O–H groups in total. The van der Waals surface area contributed by atoms with Crippen molar-refractivity contribution in [3.63, 3.8) is 0 Å². The first-order valence-corrected chi connectivity index (χ1v) is 38.9. The summed E-state index contributed by atoms with van der Waals surface area (Å²) in [5.74, 6) is 3.46. The molecule has 12 rings (SSSR count). The quantitative estimate of drug-likeness (QED) is 0.0248. The third kappa shape index (κ3) is 19.6. The molecular formula is C79H90Cl7N13O13. The van der Waals surface area contributed by atoms with Crippen LogP contribution in [0.5, 0.6) is 34.5 Å². The predicted octanol–water partition coefficient (Wildman–Crippen LogP) is 16.7. The summed E-state index contributed by atoms with van der Waals surface area (Å²) >= 11 is 44.2. The zero-order valence-corrected chi connectivity index (χ0v) is 69.5. The number of hydrogen-bond donors (Lipinski definition) is 4. The van der Waals surface area contributed by atoms with E-state index in [4.69, 9.17) is 125 Å². The molecule has 33 heteroatoms. The van der Waals surface area contributed by atoms with Crippen molar-refractivity contribution in [2.45, 2.75) is 162 Å². The number of anilines is 3. The number of carbonyl (C=O) groups is 3. The second kappa shape index (κ2) is 38.7. The van der Waals surface area contributed by atoms with E-state index in [1.807, 2.05) is 41.5 Å². The molecule has 0 amide bonds. The summed E-state index contributed by atoms with van der Waals surface area (Å²) in [6, 6.07) is 10.1. The first-order chi connectivity index (χ1) is 53.4. The molecule has 3 fully saturated rings. The molecule has 6 aromatic heterocycles. The highest BCUT2D eigenvalue weighted by atomic mass is 35.5. The molecule has 3 aliphatic rings. The lowest BCUT2D eigenvalue weighted by Gasteiger charge is -2.24. The number of methoxy groups -OCH3 is 6. The van der Waals surface area contributed by atoms with E-state index in [1.165, 1.54) is 48.7 Å². The Bertz CT molecular complexity index is 5150. The minimum Gasteiger partial charge on any atom is -0.495 e. The Labute approximate surface area is 682 Å².